The molecule has 0 fully saturated rings. The lowest BCUT2D eigenvalue weighted by molar-refractivity contribution is -0.384. The molecule has 0 unspecified atom stereocenters. The van der Waals surface area contributed by atoms with Gasteiger partial charge in [0.1, 0.15) is 16.7 Å². The highest BCUT2D eigenvalue weighted by atomic mass is 35.5. The summed E-state index contributed by atoms with van der Waals surface area (Å²) in [4.78, 5) is 22.5. The zero-order chi connectivity index (χ0) is 19.3. The van der Waals surface area contributed by atoms with E-state index >= 15 is 0 Å². The van der Waals surface area contributed by atoms with E-state index in [0.29, 0.717) is 10.6 Å². The summed E-state index contributed by atoms with van der Waals surface area (Å²) in [5.74, 6) is -0.589. The Morgan fingerprint density at radius 3 is 2.54 bits per heavy atom. The average molecular weight is 390 g/mol. The number of nitrogens with zero attached hydrogens (tertiary/aromatic N) is 2. The van der Waals surface area contributed by atoms with Gasteiger partial charge in [0.05, 0.1) is 11.0 Å². The number of rotatable bonds is 5. The molecule has 0 spiro atoms. The Labute approximate surface area is 159 Å². The van der Waals surface area contributed by atoms with E-state index in [1.165, 1.54) is 24.3 Å². The van der Waals surface area contributed by atoms with E-state index in [4.69, 9.17) is 23.2 Å². The van der Waals surface area contributed by atoms with E-state index in [1.807, 2.05) is 6.07 Å². The van der Waals surface area contributed by atoms with E-state index in [9.17, 15) is 20.2 Å². The van der Waals surface area contributed by atoms with E-state index in [2.05, 4.69) is 5.32 Å². The van der Waals surface area contributed by atoms with Crippen molar-refractivity contribution in [2.24, 2.45) is 0 Å². The minimum absolute atomic E-state index is 0.0779. The van der Waals surface area contributed by atoms with Gasteiger partial charge in [0.25, 0.3) is 11.6 Å². The van der Waals surface area contributed by atoms with Crippen LogP contribution >= 0.6 is 23.2 Å². The Morgan fingerprint density at radius 2 is 1.96 bits per heavy atom. The Bertz CT molecular complexity index is 936. The van der Waals surface area contributed by atoms with E-state index in [1.54, 1.807) is 31.2 Å². The number of nitro benzene ring substituents is 1. The number of benzene rings is 2. The van der Waals surface area contributed by atoms with Crippen LogP contribution in [0.1, 0.15) is 24.1 Å². The van der Waals surface area contributed by atoms with Gasteiger partial charge in [-0.05, 0) is 42.3 Å². The molecule has 0 aliphatic carbocycles. The fourth-order valence-corrected chi connectivity index (χ4v) is 2.81. The van der Waals surface area contributed by atoms with Crippen LogP contribution in [-0.2, 0) is 4.79 Å². The van der Waals surface area contributed by atoms with E-state index < -0.39 is 16.9 Å². The Kier molecular flexibility index (Phi) is 6.34. The number of hydrogen-bond donors (Lipinski definition) is 1. The molecular weight excluding hydrogens is 377 g/mol. The molecule has 26 heavy (non-hydrogen) atoms. The highest BCUT2D eigenvalue weighted by Gasteiger charge is 2.17. The second kappa shape index (κ2) is 8.48. The zero-order valence-corrected chi connectivity index (χ0v) is 15.1. The van der Waals surface area contributed by atoms with E-state index in [-0.39, 0.29) is 16.3 Å². The molecule has 2 aromatic carbocycles. The van der Waals surface area contributed by atoms with Crippen molar-refractivity contribution in [3.8, 4) is 6.07 Å². The number of nitro groups is 1. The van der Waals surface area contributed by atoms with Gasteiger partial charge in [0.15, 0.2) is 0 Å². The molecule has 0 aliphatic heterocycles. The molecule has 1 atom stereocenters. The van der Waals surface area contributed by atoms with Crippen molar-refractivity contribution in [1.29, 1.82) is 5.26 Å². The summed E-state index contributed by atoms with van der Waals surface area (Å²) in [6.07, 6.45) is 1.31. The molecule has 6 nitrogen and oxygen atoms in total. The third-order valence-corrected chi connectivity index (χ3v) is 4.21. The van der Waals surface area contributed by atoms with Crippen LogP contribution in [0.2, 0.25) is 10.0 Å². The Morgan fingerprint density at radius 1 is 1.27 bits per heavy atom. The number of amides is 1. The molecule has 0 radical (unpaired) electrons. The van der Waals surface area contributed by atoms with Crippen LogP contribution in [0.25, 0.3) is 6.08 Å². The van der Waals surface area contributed by atoms with Gasteiger partial charge in [0, 0.05) is 11.1 Å². The maximum absolute atomic E-state index is 12.3. The summed E-state index contributed by atoms with van der Waals surface area (Å²) in [7, 11) is 0. The van der Waals surface area contributed by atoms with Crippen molar-refractivity contribution in [2.45, 2.75) is 13.0 Å². The number of nitriles is 1. The van der Waals surface area contributed by atoms with Crippen molar-refractivity contribution in [3.63, 3.8) is 0 Å². The zero-order valence-electron chi connectivity index (χ0n) is 13.6. The minimum atomic E-state index is -0.612. The number of nitrogens with one attached hydrogen (secondary N) is 1. The van der Waals surface area contributed by atoms with Crippen LogP contribution in [-0.4, -0.2) is 10.8 Å². The lowest BCUT2D eigenvalue weighted by Crippen LogP contribution is -2.27. The molecule has 132 valence electrons. The van der Waals surface area contributed by atoms with Crippen LogP contribution in [0, 0.1) is 21.4 Å². The van der Waals surface area contributed by atoms with Crippen molar-refractivity contribution in [3.05, 3.63) is 79.3 Å². The summed E-state index contributed by atoms with van der Waals surface area (Å²) >= 11 is 11.9. The van der Waals surface area contributed by atoms with Gasteiger partial charge in [-0.3, -0.25) is 14.9 Å². The van der Waals surface area contributed by atoms with Crippen molar-refractivity contribution < 1.29 is 9.72 Å². The second-order valence-corrected chi connectivity index (χ2v) is 6.17. The summed E-state index contributed by atoms with van der Waals surface area (Å²) < 4.78 is 0. The van der Waals surface area contributed by atoms with Crippen LogP contribution < -0.4 is 5.32 Å². The first-order valence-corrected chi connectivity index (χ1v) is 8.20. The number of carbonyl (C=O) groups is 1. The number of halogens is 2. The summed E-state index contributed by atoms with van der Waals surface area (Å²) in [5, 5.41) is 23.2. The molecule has 0 heterocycles. The predicted octanol–water partition coefficient (Wildman–Crippen LogP) is 4.69. The molecular formula is C18H13Cl2N3O3. The fourth-order valence-electron chi connectivity index (χ4n) is 2.25. The van der Waals surface area contributed by atoms with Gasteiger partial charge in [-0.15, -0.1) is 0 Å². The number of carbonyl (C=O) groups excluding carboxylic acids is 1. The molecule has 2 rings (SSSR count). The maximum atomic E-state index is 12.3. The first kappa shape index (κ1) is 19.4. The van der Waals surface area contributed by atoms with Crippen LogP contribution in [0.4, 0.5) is 5.69 Å². The largest absolute Gasteiger partial charge is 0.345 e. The lowest BCUT2D eigenvalue weighted by atomic mass is 10.1. The Hall–Kier alpha value is -2.88. The molecule has 1 N–H and O–H groups in total. The second-order valence-electron chi connectivity index (χ2n) is 5.35. The van der Waals surface area contributed by atoms with Gasteiger partial charge in [0.2, 0.25) is 0 Å². The first-order valence-electron chi connectivity index (χ1n) is 7.44. The van der Waals surface area contributed by atoms with Gasteiger partial charge in [-0.25, -0.2) is 0 Å². The quantitative estimate of drug-likeness (QED) is 0.347. The predicted molar refractivity (Wildman–Crippen MR) is 99.7 cm³/mol. The summed E-state index contributed by atoms with van der Waals surface area (Å²) in [6, 6.07) is 12.4. The summed E-state index contributed by atoms with van der Waals surface area (Å²) in [6.45, 7) is 1.75. The highest BCUT2D eigenvalue weighted by Crippen LogP contribution is 2.26. The third-order valence-electron chi connectivity index (χ3n) is 3.56. The van der Waals surface area contributed by atoms with Crippen molar-refractivity contribution in [2.75, 3.05) is 0 Å². The molecule has 0 aliphatic rings. The average Bonchev–Trinajstić information content (AvgIpc) is 2.59. The molecule has 0 aromatic heterocycles. The smallest absolute Gasteiger partial charge is 0.287 e. The molecule has 2 aromatic rings. The number of hydrogen-bond acceptors (Lipinski definition) is 4. The molecule has 1 amide bonds. The van der Waals surface area contributed by atoms with Gasteiger partial charge < -0.3 is 5.32 Å². The third kappa shape index (κ3) is 4.60. The monoisotopic (exact) mass is 389 g/mol. The molecule has 0 bridgehead atoms. The van der Waals surface area contributed by atoms with Gasteiger partial charge in [-0.2, -0.15) is 5.26 Å². The lowest BCUT2D eigenvalue weighted by Gasteiger charge is -2.15. The van der Waals surface area contributed by atoms with Gasteiger partial charge >= 0.3 is 0 Å². The van der Waals surface area contributed by atoms with Crippen LogP contribution in [0.5, 0.6) is 0 Å². The van der Waals surface area contributed by atoms with Crippen LogP contribution in [0.15, 0.2) is 48.0 Å². The topological polar surface area (TPSA) is 96.0 Å². The Balaban J connectivity index is 2.22. The van der Waals surface area contributed by atoms with Crippen molar-refractivity contribution >= 4 is 40.9 Å². The van der Waals surface area contributed by atoms with Crippen molar-refractivity contribution in [1.82, 2.24) is 5.32 Å². The summed E-state index contributed by atoms with van der Waals surface area (Å²) in [5.41, 5.74) is 0.712. The minimum Gasteiger partial charge on any atom is -0.345 e. The molecule has 0 saturated heterocycles. The standard InChI is InChI=1S/C18H13Cl2N3O3/c1-11(14-4-2-3-5-15(14)19)22-18(24)13(10-21)8-12-6-7-17(23(25)26)16(20)9-12/h2-9,11H,1H3,(H,22,24)/b13-8+/t11-/m0/s1. The molecule has 8 heteroatoms. The normalized spacial score (nSPS) is 12.2. The molecule has 0 saturated carbocycles. The SMILES string of the molecule is C[C@H](NC(=O)/C(C#N)=C/c1ccc([N+](=O)[O-])c(Cl)c1)c1ccccc1Cl. The van der Waals surface area contributed by atoms with Crippen LogP contribution in [0.3, 0.4) is 0 Å². The maximum Gasteiger partial charge on any atom is 0.287 e. The highest BCUT2D eigenvalue weighted by molar-refractivity contribution is 6.32. The fraction of sp³-hybridized carbons (Fsp3) is 0.111. The van der Waals surface area contributed by atoms with E-state index in [0.717, 1.165) is 5.56 Å². The first-order chi connectivity index (χ1) is 12.3. The van der Waals surface area contributed by atoms with Gasteiger partial charge in [-0.1, -0.05) is 41.4 Å².